The summed E-state index contributed by atoms with van der Waals surface area (Å²) in [4.78, 5) is 27.1. The third kappa shape index (κ3) is 8.76. The van der Waals surface area contributed by atoms with E-state index >= 15 is 0 Å². The maximum Gasteiger partial charge on any atom is 0.341 e. The molecule has 0 fully saturated rings. The minimum atomic E-state index is -0.255. The molecule has 0 saturated heterocycles. The van der Waals surface area contributed by atoms with Crippen LogP contribution >= 0.6 is 11.8 Å². The minimum absolute atomic E-state index is 0.0579. The SMILES string of the molecule is CCC/C=N\C(=N/C)C1=CCN(CC(C)NC(=O)/N=C(/C)SCC)CC1. The number of nitrogens with zero attached hydrogens (tertiary/aromatic N) is 4. The topological polar surface area (TPSA) is 69.4 Å². The Morgan fingerprint density at radius 2 is 2.23 bits per heavy atom. The number of amidine groups is 1. The summed E-state index contributed by atoms with van der Waals surface area (Å²) in [7, 11) is 1.79. The summed E-state index contributed by atoms with van der Waals surface area (Å²) in [6.07, 6.45) is 7.16. The summed E-state index contributed by atoms with van der Waals surface area (Å²) >= 11 is 1.58. The number of carbonyl (C=O) groups is 1. The number of unbranched alkanes of at least 4 members (excludes halogenated alkanes) is 1. The van der Waals surface area contributed by atoms with Crippen molar-refractivity contribution in [2.75, 3.05) is 32.4 Å². The van der Waals surface area contributed by atoms with Gasteiger partial charge in [-0.2, -0.15) is 4.99 Å². The molecule has 2 amide bonds. The summed E-state index contributed by atoms with van der Waals surface area (Å²) < 4.78 is 0. The van der Waals surface area contributed by atoms with Crippen LogP contribution in [0.5, 0.6) is 0 Å². The molecule has 0 radical (unpaired) electrons. The van der Waals surface area contributed by atoms with E-state index in [1.807, 2.05) is 27.0 Å². The highest BCUT2D eigenvalue weighted by atomic mass is 32.2. The van der Waals surface area contributed by atoms with Crippen LogP contribution in [0.3, 0.4) is 0 Å². The molecule has 1 aliphatic heterocycles. The Bertz CT molecular complexity index is 568. The molecule has 1 rings (SSSR count). The largest absolute Gasteiger partial charge is 0.341 e. The lowest BCUT2D eigenvalue weighted by Crippen LogP contribution is -2.42. The second-order valence-electron chi connectivity index (χ2n) is 6.30. The number of aliphatic imine (C=N–C) groups is 3. The third-order valence-corrected chi connectivity index (χ3v) is 4.74. The molecule has 26 heavy (non-hydrogen) atoms. The predicted octanol–water partition coefficient (Wildman–Crippen LogP) is 3.79. The highest BCUT2D eigenvalue weighted by Gasteiger charge is 2.17. The van der Waals surface area contributed by atoms with E-state index in [-0.39, 0.29) is 12.1 Å². The predicted molar refractivity (Wildman–Crippen MR) is 115 cm³/mol. The molecule has 1 aliphatic rings. The van der Waals surface area contributed by atoms with Gasteiger partial charge in [0.25, 0.3) is 0 Å². The van der Waals surface area contributed by atoms with Crippen molar-refractivity contribution in [1.29, 1.82) is 0 Å². The van der Waals surface area contributed by atoms with Crippen molar-refractivity contribution in [3.05, 3.63) is 11.6 Å². The number of hydrogen-bond donors (Lipinski definition) is 1. The van der Waals surface area contributed by atoms with Gasteiger partial charge in [0.1, 0.15) is 5.84 Å². The van der Waals surface area contributed by atoms with Gasteiger partial charge in [-0.25, -0.2) is 9.79 Å². The lowest BCUT2D eigenvalue weighted by atomic mass is 10.1. The standard InChI is InChI=1S/C19H33N5OS/c1-6-8-11-21-18(20-5)17-9-12-24(13-10-17)14-15(3)22-19(25)23-16(4)26-7-2/h9,11,15H,6-8,10,12-14H2,1-5H3,(H,22,25)/b20-18-,21-11-,23-16-. The lowest BCUT2D eigenvalue weighted by Gasteiger charge is -2.28. The van der Waals surface area contributed by atoms with Gasteiger partial charge in [-0.05, 0) is 38.0 Å². The molecule has 7 heteroatoms. The summed E-state index contributed by atoms with van der Waals surface area (Å²) in [5, 5.41) is 3.75. The van der Waals surface area contributed by atoms with Gasteiger partial charge in [0.2, 0.25) is 0 Å². The zero-order valence-corrected chi connectivity index (χ0v) is 17.6. The molecular formula is C19H33N5OS. The molecule has 1 unspecified atom stereocenters. The second kappa shape index (κ2) is 12.8. The highest BCUT2D eigenvalue weighted by Crippen LogP contribution is 2.14. The van der Waals surface area contributed by atoms with Gasteiger partial charge in [-0.3, -0.25) is 9.89 Å². The molecule has 0 aromatic heterocycles. The van der Waals surface area contributed by atoms with Crippen LogP contribution < -0.4 is 5.32 Å². The Morgan fingerprint density at radius 3 is 2.81 bits per heavy atom. The molecule has 0 saturated carbocycles. The first-order valence-corrected chi connectivity index (χ1v) is 10.4. The van der Waals surface area contributed by atoms with Crippen molar-refractivity contribution in [2.24, 2.45) is 15.0 Å². The van der Waals surface area contributed by atoms with Crippen LogP contribution in [0.25, 0.3) is 0 Å². The van der Waals surface area contributed by atoms with Gasteiger partial charge in [-0.1, -0.05) is 26.3 Å². The minimum Gasteiger partial charge on any atom is -0.332 e. The maximum absolute atomic E-state index is 11.9. The highest BCUT2D eigenvalue weighted by molar-refractivity contribution is 8.13. The number of rotatable bonds is 7. The molecule has 0 aromatic carbocycles. The lowest BCUT2D eigenvalue weighted by molar-refractivity contribution is 0.234. The molecule has 0 spiro atoms. The first kappa shape index (κ1) is 22.6. The molecule has 1 atom stereocenters. The molecule has 0 bridgehead atoms. The van der Waals surface area contributed by atoms with E-state index in [0.717, 1.165) is 55.5 Å². The number of amides is 2. The average Bonchev–Trinajstić information content (AvgIpc) is 2.59. The second-order valence-corrected chi connectivity index (χ2v) is 7.76. The number of thioether (sulfide) groups is 1. The van der Waals surface area contributed by atoms with Crippen LogP contribution in [-0.4, -0.2) is 66.5 Å². The van der Waals surface area contributed by atoms with Crippen molar-refractivity contribution in [3.8, 4) is 0 Å². The number of nitrogens with one attached hydrogen (secondary N) is 1. The van der Waals surface area contributed by atoms with Crippen LogP contribution in [0.4, 0.5) is 4.79 Å². The molecule has 1 N–H and O–H groups in total. The zero-order valence-electron chi connectivity index (χ0n) is 16.8. The van der Waals surface area contributed by atoms with E-state index in [0.29, 0.717) is 0 Å². The quantitative estimate of drug-likeness (QED) is 0.540. The first-order valence-electron chi connectivity index (χ1n) is 9.39. The van der Waals surface area contributed by atoms with Gasteiger partial charge in [0.15, 0.2) is 0 Å². The van der Waals surface area contributed by atoms with E-state index < -0.39 is 0 Å². The van der Waals surface area contributed by atoms with E-state index in [1.165, 1.54) is 5.57 Å². The molecule has 0 aliphatic carbocycles. The van der Waals surface area contributed by atoms with E-state index in [9.17, 15) is 4.79 Å². The zero-order chi connectivity index (χ0) is 19.4. The Labute approximate surface area is 162 Å². The van der Waals surface area contributed by atoms with Gasteiger partial charge in [0, 0.05) is 38.9 Å². The van der Waals surface area contributed by atoms with Gasteiger partial charge >= 0.3 is 6.03 Å². The summed E-state index contributed by atoms with van der Waals surface area (Å²) in [5.41, 5.74) is 1.21. The van der Waals surface area contributed by atoms with Crippen LogP contribution in [0, 0.1) is 0 Å². The molecular weight excluding hydrogens is 346 g/mol. The van der Waals surface area contributed by atoms with Crippen LogP contribution in [0.1, 0.15) is 47.0 Å². The Kier molecular flexibility index (Phi) is 11.1. The van der Waals surface area contributed by atoms with Crippen molar-refractivity contribution in [3.63, 3.8) is 0 Å². The van der Waals surface area contributed by atoms with Crippen molar-refractivity contribution in [1.82, 2.24) is 10.2 Å². The number of urea groups is 1. The van der Waals surface area contributed by atoms with E-state index in [4.69, 9.17) is 0 Å². The summed E-state index contributed by atoms with van der Waals surface area (Å²) in [6.45, 7) is 10.7. The fraction of sp³-hybridized carbons (Fsp3) is 0.684. The van der Waals surface area contributed by atoms with Gasteiger partial charge < -0.3 is 5.32 Å². The number of carbonyl (C=O) groups excluding carboxylic acids is 1. The number of hydrogen-bond acceptors (Lipinski definition) is 4. The fourth-order valence-electron chi connectivity index (χ4n) is 2.70. The average molecular weight is 380 g/mol. The third-order valence-electron chi connectivity index (χ3n) is 3.94. The summed E-state index contributed by atoms with van der Waals surface area (Å²) in [6, 6.07) is -0.197. The maximum atomic E-state index is 11.9. The normalized spacial score (nSPS) is 18.1. The Balaban J connectivity index is 2.48. The van der Waals surface area contributed by atoms with Crippen molar-refractivity contribution in [2.45, 2.75) is 53.0 Å². The van der Waals surface area contributed by atoms with Crippen LogP contribution in [0.15, 0.2) is 26.6 Å². The molecule has 1 heterocycles. The van der Waals surface area contributed by atoms with Crippen LogP contribution in [-0.2, 0) is 0 Å². The fourth-order valence-corrected chi connectivity index (χ4v) is 3.27. The molecule has 6 nitrogen and oxygen atoms in total. The first-order chi connectivity index (χ1) is 12.5. The monoisotopic (exact) mass is 379 g/mol. The summed E-state index contributed by atoms with van der Waals surface area (Å²) in [5.74, 6) is 1.77. The van der Waals surface area contributed by atoms with Gasteiger partial charge in [-0.15, -0.1) is 11.8 Å². The van der Waals surface area contributed by atoms with E-state index in [2.05, 4.69) is 38.2 Å². The Hall–Kier alpha value is -1.47. The molecule has 146 valence electrons. The Morgan fingerprint density at radius 1 is 1.46 bits per heavy atom. The van der Waals surface area contributed by atoms with Crippen molar-refractivity contribution >= 4 is 34.9 Å². The van der Waals surface area contributed by atoms with E-state index in [1.54, 1.807) is 18.8 Å². The van der Waals surface area contributed by atoms with Crippen LogP contribution in [0.2, 0.25) is 0 Å². The van der Waals surface area contributed by atoms with Crippen molar-refractivity contribution < 1.29 is 4.79 Å². The van der Waals surface area contributed by atoms with Gasteiger partial charge in [0.05, 0.1) is 5.04 Å². The smallest absolute Gasteiger partial charge is 0.332 e. The molecule has 0 aromatic rings.